The van der Waals surface area contributed by atoms with Crippen molar-refractivity contribution in [1.29, 1.82) is 0 Å². The van der Waals surface area contributed by atoms with Gasteiger partial charge in [0.05, 0.1) is 0 Å². The second kappa shape index (κ2) is 11.8. The van der Waals surface area contributed by atoms with Gasteiger partial charge in [0.2, 0.25) is 0 Å². The minimum atomic E-state index is -6.07. The van der Waals surface area contributed by atoms with Gasteiger partial charge in [-0.1, -0.05) is 0 Å². The van der Waals surface area contributed by atoms with Gasteiger partial charge in [0.15, 0.2) is 0 Å². The van der Waals surface area contributed by atoms with E-state index in [0.717, 1.165) is 0 Å². The van der Waals surface area contributed by atoms with Gasteiger partial charge in [-0.15, -0.1) is 0 Å². The summed E-state index contributed by atoms with van der Waals surface area (Å²) in [5.41, 5.74) is 0. The normalized spacial score (nSPS) is 9.93. The maximum absolute atomic E-state index is 9.38. The van der Waals surface area contributed by atoms with Crippen molar-refractivity contribution in [3.05, 3.63) is 0 Å². The molecular weight excluding hydrogens is 337 g/mol. The molecule has 0 aliphatic carbocycles. The van der Waals surface area contributed by atoms with Gasteiger partial charge in [-0.25, -0.2) is 0 Å². The molecule has 3 N–H and O–H groups in total. The first kappa shape index (κ1) is 26.3. The van der Waals surface area contributed by atoms with E-state index in [9.17, 15) is 23.5 Å². The summed E-state index contributed by atoms with van der Waals surface area (Å²) >= 11 is -12.1. The van der Waals surface area contributed by atoms with Gasteiger partial charge < -0.3 is 15.1 Å². The van der Waals surface area contributed by atoms with Crippen molar-refractivity contribution in [2.24, 2.45) is 0 Å². The number of rotatable bonds is 2. The van der Waals surface area contributed by atoms with Gasteiger partial charge in [-0.05, 0) is 0 Å². The summed E-state index contributed by atoms with van der Waals surface area (Å²) in [6.45, 7) is 0. The molecule has 0 aromatic heterocycles. The van der Waals surface area contributed by atoms with Crippen LogP contribution in [0.4, 0.5) is 0 Å². The van der Waals surface area contributed by atoms with Crippen molar-refractivity contribution < 1.29 is 150 Å². The predicted molar refractivity (Wildman–Crippen MR) is 16.2 cm³/mol. The van der Waals surface area contributed by atoms with E-state index in [4.69, 9.17) is 15.1 Å². The molecule has 0 atom stereocenters. The molecule has 0 saturated heterocycles. The molecule has 0 spiro atoms. The average molecular weight is 340 g/mol. The predicted octanol–water partition coefficient (Wildman–Crippen LogP) is -11.0. The molecule has 0 amide bonds. The molecule has 0 aromatic rings. The zero-order valence-corrected chi connectivity index (χ0v) is 15.3. The van der Waals surface area contributed by atoms with E-state index in [-0.39, 0.29) is 80.9 Å². The van der Waals surface area contributed by atoms with Crippen LogP contribution in [0.3, 0.4) is 0 Å². The van der Waals surface area contributed by atoms with Gasteiger partial charge in [-0.3, -0.25) is 0 Å². The summed E-state index contributed by atoms with van der Waals surface area (Å²) in [5, 5.41) is 21.5. The second-order valence-electron chi connectivity index (χ2n) is 1.23. The average Bonchev–Trinajstić information content (AvgIpc) is 1.47. The number of hydrogen-bond donors (Lipinski definition) is 3. The van der Waals surface area contributed by atoms with Crippen molar-refractivity contribution in [2.45, 2.75) is 0 Å². The third-order valence-corrected chi connectivity index (χ3v) is 2.83. The molecule has 0 heterocycles. The SMILES string of the molecule is OB(O)O.[K+].[Na+].[O]=[Cr](=[O])([O-])[O][Cr](=[O])(=[O])[O-]. The summed E-state index contributed by atoms with van der Waals surface area (Å²) < 4.78 is 58.9. The van der Waals surface area contributed by atoms with E-state index in [0.29, 0.717) is 0 Å². The van der Waals surface area contributed by atoms with Crippen LogP contribution in [-0.2, 0) is 45.3 Å². The first-order valence-corrected chi connectivity index (χ1v) is 6.27. The quantitative estimate of drug-likeness (QED) is 0.408. The molecule has 80 valence electrons. The van der Waals surface area contributed by atoms with Gasteiger partial charge in [0.1, 0.15) is 0 Å². The third-order valence-electron chi connectivity index (χ3n) is 0.167. The molecule has 0 radical (unpaired) electrons. The van der Waals surface area contributed by atoms with Crippen LogP contribution in [0.1, 0.15) is 0 Å². The van der Waals surface area contributed by atoms with Crippen LogP contribution in [0, 0.1) is 0 Å². The molecule has 0 rings (SSSR count). The monoisotopic (exact) mass is 340 g/mol. The van der Waals surface area contributed by atoms with E-state index in [1.165, 1.54) is 0 Å². The topological polar surface area (TPSA) is 184 Å². The third kappa shape index (κ3) is 47.6. The minimum absolute atomic E-state index is 0. The Morgan fingerprint density at radius 1 is 0.933 bits per heavy atom. The van der Waals surface area contributed by atoms with Crippen LogP contribution in [0.2, 0.25) is 0 Å². The molecule has 15 heavy (non-hydrogen) atoms. The van der Waals surface area contributed by atoms with E-state index in [2.05, 4.69) is 2.84 Å². The Bertz CT molecular complexity index is 283. The second-order valence-corrected chi connectivity index (χ2v) is 4.87. The molecule has 0 saturated carbocycles. The molecule has 0 aliphatic heterocycles. The molecule has 0 aromatic carbocycles. The van der Waals surface area contributed by atoms with Crippen LogP contribution in [0.5, 0.6) is 0 Å². The van der Waals surface area contributed by atoms with Crippen LogP contribution >= 0.6 is 0 Å². The Kier molecular flexibility index (Phi) is 20.7. The number of hydrogen-bond acceptors (Lipinski definition) is 10. The fourth-order valence-corrected chi connectivity index (χ4v) is 1.74. The van der Waals surface area contributed by atoms with Gasteiger partial charge in [0.25, 0.3) is 0 Å². The summed E-state index contributed by atoms with van der Waals surface area (Å²) in [4.78, 5) is 0. The molecule has 15 heteroatoms. The van der Waals surface area contributed by atoms with Gasteiger partial charge >= 0.3 is 142 Å². The van der Waals surface area contributed by atoms with E-state index in [1.807, 2.05) is 0 Å². The van der Waals surface area contributed by atoms with Crippen LogP contribution in [0.15, 0.2) is 0 Å². The van der Waals surface area contributed by atoms with Crippen molar-refractivity contribution in [3.8, 4) is 0 Å². The van der Waals surface area contributed by atoms with Crippen LogP contribution in [0.25, 0.3) is 0 Å². The van der Waals surface area contributed by atoms with Crippen molar-refractivity contribution in [2.75, 3.05) is 0 Å². The van der Waals surface area contributed by atoms with Gasteiger partial charge in [0, 0.05) is 0 Å². The zero-order chi connectivity index (χ0) is 11.3. The first-order valence-electron chi connectivity index (χ1n) is 2.11. The van der Waals surface area contributed by atoms with Crippen LogP contribution < -0.4 is 89.3 Å². The Morgan fingerprint density at radius 2 is 1.07 bits per heavy atom. The summed E-state index contributed by atoms with van der Waals surface area (Å²) in [6.07, 6.45) is 0. The molecule has 0 aliphatic rings. The standard InChI is InChI=1S/BH3O3.2Cr.K.Na.7O/c2-1(3)4;;;;;;;;;;;/h2-4H;;;;;;;;;;;/q;;;2*+1;;;;;;2*-1. The summed E-state index contributed by atoms with van der Waals surface area (Å²) in [5.74, 6) is 0. The zero-order valence-electron chi connectivity index (χ0n) is 7.59. The Labute approximate surface area is 154 Å². The van der Waals surface area contributed by atoms with Crippen LogP contribution in [-0.4, -0.2) is 22.4 Å². The van der Waals surface area contributed by atoms with E-state index in [1.54, 1.807) is 0 Å². The molecule has 0 fully saturated rings. The summed E-state index contributed by atoms with van der Waals surface area (Å²) in [6, 6.07) is 0. The Balaban J connectivity index is -0.0000000883. The molecule has 10 nitrogen and oxygen atoms in total. The first-order chi connectivity index (χ1) is 5.44. The molecule has 0 unspecified atom stereocenters. The van der Waals surface area contributed by atoms with Gasteiger partial charge in [-0.2, -0.15) is 0 Å². The van der Waals surface area contributed by atoms with Crippen molar-refractivity contribution in [3.63, 3.8) is 0 Å². The molecule has 0 bridgehead atoms. The molecular formula is H3BCr2KNaO10. The Morgan fingerprint density at radius 3 is 1.07 bits per heavy atom. The van der Waals surface area contributed by atoms with E-state index < -0.39 is 34.5 Å². The fraction of sp³-hybridized carbons (Fsp3) is 0. The fourth-order valence-electron chi connectivity index (χ4n) is 0.102. The maximum atomic E-state index is 9.38. The van der Waals surface area contributed by atoms with Crippen molar-refractivity contribution in [1.82, 2.24) is 0 Å². The Hall–Kier alpha value is 2.73. The summed E-state index contributed by atoms with van der Waals surface area (Å²) in [7, 11) is -2.17. The van der Waals surface area contributed by atoms with Crippen molar-refractivity contribution >= 4 is 7.32 Å². The van der Waals surface area contributed by atoms with E-state index >= 15 is 0 Å².